The maximum Gasteiger partial charge on any atom is 0.185 e. The van der Waals surface area contributed by atoms with Crippen LogP contribution in [-0.2, 0) is 0 Å². The van der Waals surface area contributed by atoms with Gasteiger partial charge in [0.15, 0.2) is 11.6 Å². The maximum absolute atomic E-state index is 12.3. The highest BCUT2D eigenvalue weighted by molar-refractivity contribution is 6.04. The lowest BCUT2D eigenvalue weighted by Crippen LogP contribution is -2.04. The third-order valence-electron chi connectivity index (χ3n) is 6.58. The number of hydrogen-bond donors (Lipinski definition) is 2. The molecular formula is C36H34N2O2. The Labute approximate surface area is 235 Å². The number of para-hydroxylation sites is 2. The summed E-state index contributed by atoms with van der Waals surface area (Å²) in [5, 5.41) is 2.48. The topological polar surface area (TPSA) is 65.7 Å². The van der Waals surface area contributed by atoms with Crippen molar-refractivity contribution < 1.29 is 9.59 Å². The fourth-order valence-corrected chi connectivity index (χ4v) is 4.48. The van der Waals surface area contributed by atoms with Crippen LogP contribution in [0.1, 0.15) is 52.5 Å². The molecule has 4 heteroatoms. The van der Waals surface area contributed by atoms with Crippen LogP contribution in [0.3, 0.4) is 0 Å². The molecule has 0 spiro atoms. The van der Waals surface area contributed by atoms with E-state index in [1.54, 1.807) is 12.2 Å². The first-order chi connectivity index (χ1) is 19.6. The van der Waals surface area contributed by atoms with Gasteiger partial charge in [-0.2, -0.15) is 0 Å². The lowest BCUT2D eigenvalue weighted by atomic mass is 9.93. The van der Waals surface area contributed by atoms with E-state index in [2.05, 4.69) is 47.2 Å². The maximum atomic E-state index is 12.3. The number of H-pyrrole nitrogens is 2. The van der Waals surface area contributed by atoms with Gasteiger partial charge in [0.2, 0.25) is 0 Å². The van der Waals surface area contributed by atoms with Crippen molar-refractivity contribution in [2.75, 3.05) is 0 Å². The Morgan fingerprint density at radius 3 is 1.98 bits per heavy atom. The molecule has 0 aliphatic heterocycles. The molecule has 2 aromatic heterocycles. The van der Waals surface area contributed by atoms with Gasteiger partial charge in [-0.05, 0) is 48.1 Å². The molecule has 4 aromatic carbocycles. The normalized spacial score (nSPS) is 11.3. The number of Topliss-reactive ketones (excluding diaryl/α,β-unsaturated/α-hetero) is 1. The van der Waals surface area contributed by atoms with Crippen molar-refractivity contribution in [2.45, 2.75) is 26.2 Å². The summed E-state index contributed by atoms with van der Waals surface area (Å²) in [5.74, 6) is 0.468. The molecule has 0 radical (unpaired) electrons. The summed E-state index contributed by atoms with van der Waals surface area (Å²) < 4.78 is 0. The molecule has 0 aliphatic carbocycles. The second kappa shape index (κ2) is 14.3. The van der Waals surface area contributed by atoms with Gasteiger partial charge in [0, 0.05) is 46.4 Å². The van der Waals surface area contributed by atoms with Crippen LogP contribution in [0.25, 0.3) is 21.8 Å². The number of aromatic nitrogens is 2. The second-order valence-electron chi connectivity index (χ2n) is 9.48. The van der Waals surface area contributed by atoms with E-state index in [4.69, 9.17) is 0 Å². The first-order valence-corrected chi connectivity index (χ1v) is 13.4. The molecule has 200 valence electrons. The zero-order valence-corrected chi connectivity index (χ0v) is 22.9. The minimum atomic E-state index is 0.0631. The average molecular weight is 527 g/mol. The van der Waals surface area contributed by atoms with E-state index in [0.29, 0.717) is 6.42 Å². The summed E-state index contributed by atoms with van der Waals surface area (Å²) in [6, 6.07) is 37.2. The Hall–Kier alpha value is -4.96. The monoisotopic (exact) mass is 526 g/mol. The fourth-order valence-electron chi connectivity index (χ4n) is 4.48. The number of hydrogen-bond acceptors (Lipinski definition) is 2. The number of ketones is 2. The van der Waals surface area contributed by atoms with E-state index in [-0.39, 0.29) is 17.5 Å². The standard InChI is InChI=1S/C18H17NO.C10H10O.C8H7N/c1-13(11-18(20)14-7-3-2-4-8-14)16-12-19-17-10-6-5-9-15(16)17;1-2-6-10(11)9-7-4-3-5-8-9;1-2-4-8-7(3-1)5-6-9-8/h2-10,12-13,19H,11H2,1H3;2-8H,1H3;1-6,9H/b;6-2+;. The number of aromatic amines is 2. The van der Waals surface area contributed by atoms with Crippen LogP contribution >= 0.6 is 0 Å². The molecule has 1 unspecified atom stereocenters. The molecule has 0 amide bonds. The molecule has 6 rings (SSSR count). The highest BCUT2D eigenvalue weighted by Crippen LogP contribution is 2.28. The van der Waals surface area contributed by atoms with E-state index in [9.17, 15) is 9.59 Å². The summed E-state index contributed by atoms with van der Waals surface area (Å²) in [5.41, 5.74) is 5.08. The van der Waals surface area contributed by atoms with Gasteiger partial charge in [0.05, 0.1) is 0 Å². The molecular weight excluding hydrogens is 492 g/mol. The summed E-state index contributed by atoms with van der Waals surface area (Å²) in [6.45, 7) is 3.94. The van der Waals surface area contributed by atoms with Gasteiger partial charge in [-0.3, -0.25) is 9.59 Å². The van der Waals surface area contributed by atoms with Crippen molar-refractivity contribution in [1.82, 2.24) is 9.97 Å². The average Bonchev–Trinajstić information content (AvgIpc) is 3.66. The van der Waals surface area contributed by atoms with Crippen molar-refractivity contribution in [3.05, 3.63) is 156 Å². The van der Waals surface area contributed by atoms with Gasteiger partial charge in [-0.15, -0.1) is 0 Å². The van der Waals surface area contributed by atoms with Gasteiger partial charge in [-0.1, -0.05) is 110 Å². The molecule has 4 nitrogen and oxygen atoms in total. The minimum absolute atomic E-state index is 0.0631. The third-order valence-corrected chi connectivity index (χ3v) is 6.58. The number of benzene rings is 4. The van der Waals surface area contributed by atoms with Crippen LogP contribution in [0.15, 0.2) is 140 Å². The van der Waals surface area contributed by atoms with Crippen molar-refractivity contribution in [2.24, 2.45) is 0 Å². The van der Waals surface area contributed by atoms with Crippen LogP contribution in [0, 0.1) is 0 Å². The second-order valence-corrected chi connectivity index (χ2v) is 9.48. The lowest BCUT2D eigenvalue weighted by molar-refractivity contribution is 0.0975. The summed E-state index contributed by atoms with van der Waals surface area (Å²) in [7, 11) is 0. The zero-order valence-electron chi connectivity index (χ0n) is 22.9. The molecule has 40 heavy (non-hydrogen) atoms. The SMILES string of the molecule is C/C=C/C(=O)c1ccccc1.CC(CC(=O)c1ccccc1)c1c[nH]c2ccccc12.c1ccc2[nH]ccc2c1. The van der Waals surface area contributed by atoms with Crippen molar-refractivity contribution in [3.63, 3.8) is 0 Å². The molecule has 2 N–H and O–H groups in total. The van der Waals surface area contributed by atoms with Crippen molar-refractivity contribution in [3.8, 4) is 0 Å². The van der Waals surface area contributed by atoms with Crippen LogP contribution in [0.2, 0.25) is 0 Å². The third kappa shape index (κ3) is 7.55. The number of allylic oxidation sites excluding steroid dienone is 2. The number of nitrogens with one attached hydrogen (secondary N) is 2. The highest BCUT2D eigenvalue weighted by atomic mass is 16.1. The smallest absolute Gasteiger partial charge is 0.185 e. The molecule has 0 fully saturated rings. The first-order valence-electron chi connectivity index (χ1n) is 13.4. The molecule has 0 aliphatic rings. The Morgan fingerprint density at radius 2 is 1.30 bits per heavy atom. The van der Waals surface area contributed by atoms with Crippen LogP contribution in [-0.4, -0.2) is 21.5 Å². The van der Waals surface area contributed by atoms with E-state index in [0.717, 1.165) is 16.6 Å². The predicted molar refractivity (Wildman–Crippen MR) is 166 cm³/mol. The van der Waals surface area contributed by atoms with E-state index in [1.807, 2.05) is 104 Å². The van der Waals surface area contributed by atoms with Gasteiger partial charge >= 0.3 is 0 Å². The summed E-state index contributed by atoms with van der Waals surface area (Å²) in [4.78, 5) is 29.8. The molecule has 1 atom stereocenters. The quantitative estimate of drug-likeness (QED) is 0.168. The van der Waals surface area contributed by atoms with E-state index >= 15 is 0 Å². The Morgan fingerprint density at radius 1 is 0.700 bits per heavy atom. The number of fused-ring (bicyclic) bond motifs is 2. The Kier molecular flexibility index (Phi) is 10.0. The number of rotatable bonds is 6. The molecule has 0 bridgehead atoms. The van der Waals surface area contributed by atoms with E-state index < -0.39 is 0 Å². The first kappa shape index (κ1) is 28.1. The van der Waals surface area contributed by atoms with Crippen LogP contribution in [0.4, 0.5) is 0 Å². The summed E-state index contributed by atoms with van der Waals surface area (Å²) >= 11 is 0. The van der Waals surface area contributed by atoms with E-state index in [1.165, 1.54) is 21.9 Å². The lowest BCUT2D eigenvalue weighted by Gasteiger charge is -2.10. The van der Waals surface area contributed by atoms with Gasteiger partial charge in [0.25, 0.3) is 0 Å². The Balaban J connectivity index is 0.000000155. The van der Waals surface area contributed by atoms with Gasteiger partial charge < -0.3 is 9.97 Å². The fraction of sp³-hybridized carbons (Fsp3) is 0.111. The molecule has 0 saturated carbocycles. The van der Waals surface area contributed by atoms with Crippen molar-refractivity contribution >= 4 is 33.4 Å². The molecule has 2 heterocycles. The van der Waals surface area contributed by atoms with Crippen LogP contribution < -0.4 is 0 Å². The summed E-state index contributed by atoms with van der Waals surface area (Å²) in [6.07, 6.45) is 7.81. The minimum Gasteiger partial charge on any atom is -0.361 e. The van der Waals surface area contributed by atoms with Crippen molar-refractivity contribution in [1.29, 1.82) is 0 Å². The number of carbonyl (C=O) groups excluding carboxylic acids is 2. The van der Waals surface area contributed by atoms with Crippen LogP contribution in [0.5, 0.6) is 0 Å². The predicted octanol–water partition coefficient (Wildman–Crippen LogP) is 9.16. The molecule has 6 aromatic rings. The van der Waals surface area contributed by atoms with Gasteiger partial charge in [-0.25, -0.2) is 0 Å². The largest absolute Gasteiger partial charge is 0.361 e. The highest BCUT2D eigenvalue weighted by Gasteiger charge is 2.15. The molecule has 0 saturated heterocycles. The number of carbonyl (C=O) groups is 2. The van der Waals surface area contributed by atoms with Gasteiger partial charge in [0.1, 0.15) is 0 Å². The Bertz CT molecular complexity index is 1650. The zero-order chi connectivity index (χ0) is 28.2.